The molecule has 198 valence electrons. The van der Waals surface area contributed by atoms with Gasteiger partial charge in [0.05, 0.1) is 24.9 Å². The third-order valence-corrected chi connectivity index (χ3v) is 7.11. The molecule has 10 heteroatoms. The molecule has 2 aliphatic rings. The van der Waals surface area contributed by atoms with E-state index in [4.69, 9.17) is 9.47 Å². The Labute approximate surface area is 217 Å². The van der Waals surface area contributed by atoms with E-state index in [2.05, 4.69) is 34.1 Å². The van der Waals surface area contributed by atoms with Crippen LogP contribution in [0.25, 0.3) is 16.7 Å². The Bertz CT molecular complexity index is 1290. The fourth-order valence-electron chi connectivity index (χ4n) is 5.24. The zero-order chi connectivity index (χ0) is 26.3. The van der Waals surface area contributed by atoms with Crippen LogP contribution in [0.2, 0.25) is 0 Å². The van der Waals surface area contributed by atoms with Gasteiger partial charge in [-0.1, -0.05) is 0 Å². The number of likely N-dealkylation sites (tertiary alicyclic amines) is 1. The number of amides is 1. The van der Waals surface area contributed by atoms with Crippen molar-refractivity contribution in [3.8, 4) is 11.8 Å². The quantitative estimate of drug-likeness (QED) is 0.567. The van der Waals surface area contributed by atoms with Gasteiger partial charge in [-0.2, -0.15) is 15.1 Å². The van der Waals surface area contributed by atoms with Gasteiger partial charge in [0.15, 0.2) is 5.82 Å². The van der Waals surface area contributed by atoms with Crippen LogP contribution in [-0.4, -0.2) is 80.8 Å². The summed E-state index contributed by atoms with van der Waals surface area (Å²) in [6, 6.07) is 6.54. The van der Waals surface area contributed by atoms with Crippen molar-refractivity contribution in [2.24, 2.45) is 0 Å². The van der Waals surface area contributed by atoms with E-state index >= 15 is 0 Å². The highest BCUT2D eigenvalue weighted by molar-refractivity contribution is 5.82. The number of ether oxygens (including phenoxy) is 2. The molecule has 10 nitrogen and oxygen atoms in total. The number of carbonyl (C=O) groups excluding carboxylic acids is 1. The van der Waals surface area contributed by atoms with Crippen molar-refractivity contribution in [3.63, 3.8) is 0 Å². The fraction of sp³-hybridized carbons (Fsp3) is 0.556. The largest absolute Gasteiger partial charge is 0.467 e. The van der Waals surface area contributed by atoms with E-state index < -0.39 is 5.60 Å². The Kier molecular flexibility index (Phi) is 6.70. The third kappa shape index (κ3) is 5.34. The lowest BCUT2D eigenvalue weighted by atomic mass is 9.86. The molecule has 5 rings (SSSR count). The Morgan fingerprint density at radius 1 is 1.05 bits per heavy atom. The van der Waals surface area contributed by atoms with Crippen LogP contribution in [0.1, 0.15) is 57.1 Å². The monoisotopic (exact) mass is 508 g/mol. The molecule has 0 bridgehead atoms. The van der Waals surface area contributed by atoms with Gasteiger partial charge in [-0.3, -0.25) is 0 Å². The van der Waals surface area contributed by atoms with Gasteiger partial charge >= 0.3 is 12.1 Å². The highest BCUT2D eigenvalue weighted by atomic mass is 16.6. The van der Waals surface area contributed by atoms with Crippen LogP contribution in [0.4, 0.5) is 10.6 Å². The van der Waals surface area contributed by atoms with E-state index in [0.29, 0.717) is 43.6 Å². The molecule has 1 unspecified atom stereocenters. The second-order valence-corrected chi connectivity index (χ2v) is 11.0. The summed E-state index contributed by atoms with van der Waals surface area (Å²) in [5.74, 6) is 1.67. The van der Waals surface area contributed by atoms with E-state index in [1.807, 2.05) is 47.5 Å². The van der Waals surface area contributed by atoms with Gasteiger partial charge in [0, 0.05) is 37.6 Å². The van der Waals surface area contributed by atoms with E-state index in [1.165, 1.54) is 11.1 Å². The third-order valence-electron chi connectivity index (χ3n) is 7.11. The molecule has 1 aromatic carbocycles. The fourth-order valence-corrected chi connectivity index (χ4v) is 5.24. The SMILES string of the molecule is COc1nc(N2CCC(O)C2)cc(-n2ncc3cc(C)c(C4CCN(C(=O)OC(C)(C)C)CC4)cc32)n1. The number of hydrogen-bond donors (Lipinski definition) is 1. The number of nitrogens with zero attached hydrogens (tertiary/aromatic N) is 6. The van der Waals surface area contributed by atoms with Gasteiger partial charge in [-0.25, -0.2) is 9.48 Å². The van der Waals surface area contributed by atoms with E-state index in [9.17, 15) is 9.90 Å². The molecular formula is C27H36N6O4. The van der Waals surface area contributed by atoms with Gasteiger partial charge in [0.1, 0.15) is 11.4 Å². The Morgan fingerprint density at radius 2 is 1.78 bits per heavy atom. The lowest BCUT2D eigenvalue weighted by Gasteiger charge is -2.34. The van der Waals surface area contributed by atoms with E-state index in [1.54, 1.807) is 7.11 Å². The van der Waals surface area contributed by atoms with Crippen LogP contribution in [0.3, 0.4) is 0 Å². The van der Waals surface area contributed by atoms with Crippen molar-refractivity contribution < 1.29 is 19.4 Å². The topological polar surface area (TPSA) is 106 Å². The number of aliphatic hydroxyl groups is 1. The lowest BCUT2D eigenvalue weighted by molar-refractivity contribution is 0.0204. The molecule has 0 spiro atoms. The molecule has 1 N–H and O–H groups in total. The molecule has 1 atom stereocenters. The molecule has 1 amide bonds. The van der Waals surface area contributed by atoms with Gasteiger partial charge in [-0.05, 0) is 76.1 Å². The molecule has 2 saturated heterocycles. The summed E-state index contributed by atoms with van der Waals surface area (Å²) in [6.45, 7) is 10.4. The summed E-state index contributed by atoms with van der Waals surface area (Å²) in [6.07, 6.45) is 3.72. The first-order chi connectivity index (χ1) is 17.6. The normalized spacial score (nSPS) is 19.0. The molecule has 3 aromatic rings. The second kappa shape index (κ2) is 9.81. The first kappa shape index (κ1) is 25.3. The van der Waals surface area contributed by atoms with E-state index in [0.717, 1.165) is 30.3 Å². The van der Waals surface area contributed by atoms with Gasteiger partial charge in [-0.15, -0.1) is 0 Å². The van der Waals surface area contributed by atoms with Crippen molar-refractivity contribution in [3.05, 3.63) is 35.5 Å². The first-order valence-electron chi connectivity index (χ1n) is 12.9. The summed E-state index contributed by atoms with van der Waals surface area (Å²) in [5, 5.41) is 15.7. The second-order valence-electron chi connectivity index (χ2n) is 11.0. The molecule has 37 heavy (non-hydrogen) atoms. The van der Waals surface area contributed by atoms with Crippen LogP contribution < -0.4 is 9.64 Å². The Morgan fingerprint density at radius 3 is 2.43 bits per heavy atom. The number of benzene rings is 1. The summed E-state index contributed by atoms with van der Waals surface area (Å²) < 4.78 is 12.8. The summed E-state index contributed by atoms with van der Waals surface area (Å²) in [4.78, 5) is 25.4. The summed E-state index contributed by atoms with van der Waals surface area (Å²) in [5.41, 5.74) is 2.95. The lowest BCUT2D eigenvalue weighted by Crippen LogP contribution is -2.41. The number of methoxy groups -OCH3 is 1. The number of aromatic nitrogens is 4. The minimum atomic E-state index is -0.494. The van der Waals surface area contributed by atoms with Crippen molar-refractivity contribution >= 4 is 22.8 Å². The number of aryl methyl sites for hydroxylation is 1. The average Bonchev–Trinajstić information content (AvgIpc) is 3.48. The molecule has 2 fully saturated rings. The standard InChI is InChI=1S/C27H36N6O4/c1-17-12-19-15-28-33(24-14-23(29-25(30-24)36-5)32-11-8-20(34)16-32)22(19)13-21(17)18-6-9-31(10-7-18)26(35)37-27(2,3)4/h12-15,18,20,34H,6-11,16H2,1-5H3. The number of hydrogen-bond acceptors (Lipinski definition) is 8. The molecule has 0 aliphatic carbocycles. The zero-order valence-electron chi connectivity index (χ0n) is 22.3. The molecule has 2 aromatic heterocycles. The molecule has 2 aliphatic heterocycles. The number of β-amino-alcohol motifs (C(OH)–C–C–N with tert-alkyl or cyclic N) is 1. The molecule has 0 saturated carbocycles. The van der Waals surface area contributed by atoms with E-state index in [-0.39, 0.29) is 18.2 Å². The summed E-state index contributed by atoms with van der Waals surface area (Å²) >= 11 is 0. The Balaban J connectivity index is 1.42. The first-order valence-corrected chi connectivity index (χ1v) is 12.9. The number of anilines is 1. The molecule has 4 heterocycles. The smallest absolute Gasteiger partial charge is 0.410 e. The van der Waals surface area contributed by atoms with Crippen LogP contribution >= 0.6 is 0 Å². The maximum absolute atomic E-state index is 12.5. The highest BCUT2D eigenvalue weighted by Crippen LogP contribution is 2.34. The van der Waals surface area contributed by atoms with Gasteiger partial charge in [0.25, 0.3) is 0 Å². The predicted octanol–water partition coefficient (Wildman–Crippen LogP) is 3.82. The van der Waals surface area contributed by atoms with Crippen LogP contribution in [0.5, 0.6) is 6.01 Å². The highest BCUT2D eigenvalue weighted by Gasteiger charge is 2.29. The van der Waals surface area contributed by atoms with Crippen LogP contribution in [0, 0.1) is 6.92 Å². The number of carbonyl (C=O) groups is 1. The van der Waals surface area contributed by atoms with Gasteiger partial charge in [0.2, 0.25) is 0 Å². The number of aliphatic hydroxyl groups excluding tert-OH is 1. The predicted molar refractivity (Wildman–Crippen MR) is 141 cm³/mol. The van der Waals surface area contributed by atoms with Crippen LogP contribution in [-0.2, 0) is 4.74 Å². The van der Waals surface area contributed by atoms with Crippen molar-refractivity contribution in [1.29, 1.82) is 0 Å². The minimum Gasteiger partial charge on any atom is -0.467 e. The van der Waals surface area contributed by atoms with Crippen molar-refractivity contribution in [2.45, 2.75) is 64.6 Å². The van der Waals surface area contributed by atoms with Crippen molar-refractivity contribution in [2.75, 3.05) is 38.2 Å². The number of fused-ring (bicyclic) bond motifs is 1. The average molecular weight is 509 g/mol. The molecule has 0 radical (unpaired) electrons. The molecular weight excluding hydrogens is 472 g/mol. The maximum atomic E-state index is 12.5. The van der Waals surface area contributed by atoms with Crippen LogP contribution in [0.15, 0.2) is 24.4 Å². The Hall–Kier alpha value is -3.40. The zero-order valence-corrected chi connectivity index (χ0v) is 22.3. The van der Waals surface area contributed by atoms with Crippen molar-refractivity contribution in [1.82, 2.24) is 24.6 Å². The minimum absolute atomic E-state index is 0.241. The summed E-state index contributed by atoms with van der Waals surface area (Å²) in [7, 11) is 1.55. The van der Waals surface area contributed by atoms with Gasteiger partial charge < -0.3 is 24.4 Å². The maximum Gasteiger partial charge on any atom is 0.410 e. The number of rotatable bonds is 4. The number of piperidine rings is 1.